The third kappa shape index (κ3) is 3.71. The molecule has 6 heteroatoms. The van der Waals surface area contributed by atoms with Gasteiger partial charge in [-0.2, -0.15) is 0 Å². The summed E-state index contributed by atoms with van der Waals surface area (Å²) >= 11 is 1.53. The van der Waals surface area contributed by atoms with Gasteiger partial charge in [-0.15, -0.1) is 11.3 Å². The van der Waals surface area contributed by atoms with Crippen LogP contribution in [0.4, 0.5) is 4.39 Å². The van der Waals surface area contributed by atoms with Gasteiger partial charge >= 0.3 is 0 Å². The molecule has 1 aliphatic rings. The maximum atomic E-state index is 13.0. The summed E-state index contributed by atoms with van der Waals surface area (Å²) in [6, 6.07) is 10.2. The predicted octanol–water partition coefficient (Wildman–Crippen LogP) is 2.90. The molecule has 4 nitrogen and oxygen atoms in total. The number of likely N-dealkylation sites (tertiary alicyclic amines) is 1. The molecule has 124 valence electrons. The van der Waals surface area contributed by atoms with Crippen molar-refractivity contribution in [2.24, 2.45) is 11.7 Å². The SMILES string of the molecule is NC(=O)C1CCN(C(=O)/C=C/c2ccc(-c3ccc(F)cc3)s2)C1. The number of halogens is 1. The van der Waals surface area contributed by atoms with E-state index in [2.05, 4.69) is 0 Å². The summed E-state index contributed by atoms with van der Waals surface area (Å²) in [4.78, 5) is 26.9. The van der Waals surface area contributed by atoms with Gasteiger partial charge in [0.15, 0.2) is 0 Å². The molecule has 0 spiro atoms. The van der Waals surface area contributed by atoms with E-state index in [0.717, 1.165) is 15.3 Å². The number of nitrogens with two attached hydrogens (primary N) is 1. The Morgan fingerprint density at radius 3 is 2.62 bits per heavy atom. The first-order chi connectivity index (χ1) is 11.5. The number of hydrogen-bond acceptors (Lipinski definition) is 3. The van der Waals surface area contributed by atoms with Gasteiger partial charge in [-0.05, 0) is 42.3 Å². The average Bonchev–Trinajstić information content (AvgIpc) is 3.23. The second kappa shape index (κ2) is 6.97. The number of primary amides is 1. The number of carbonyl (C=O) groups is 2. The van der Waals surface area contributed by atoms with Gasteiger partial charge in [0, 0.05) is 28.9 Å². The third-order valence-electron chi connectivity index (χ3n) is 4.05. The molecule has 3 rings (SSSR count). The molecule has 1 atom stereocenters. The monoisotopic (exact) mass is 344 g/mol. The molecule has 0 saturated carbocycles. The van der Waals surface area contributed by atoms with Crippen molar-refractivity contribution in [2.75, 3.05) is 13.1 Å². The van der Waals surface area contributed by atoms with Gasteiger partial charge in [0.05, 0.1) is 5.92 Å². The Balaban J connectivity index is 1.64. The van der Waals surface area contributed by atoms with Gasteiger partial charge in [-0.3, -0.25) is 9.59 Å². The first kappa shape index (κ1) is 16.4. The van der Waals surface area contributed by atoms with Crippen LogP contribution in [0.15, 0.2) is 42.5 Å². The maximum Gasteiger partial charge on any atom is 0.246 e. The second-order valence-corrected chi connectivity index (χ2v) is 6.83. The molecule has 1 aromatic carbocycles. The van der Waals surface area contributed by atoms with Crippen LogP contribution in [0.2, 0.25) is 0 Å². The summed E-state index contributed by atoms with van der Waals surface area (Å²) in [6.45, 7) is 0.950. The topological polar surface area (TPSA) is 63.4 Å². The molecule has 1 aromatic heterocycles. The van der Waals surface area contributed by atoms with Gasteiger partial charge in [-0.25, -0.2) is 4.39 Å². The lowest BCUT2D eigenvalue weighted by atomic mass is 10.1. The van der Waals surface area contributed by atoms with Crippen LogP contribution in [0, 0.1) is 11.7 Å². The van der Waals surface area contributed by atoms with Crippen LogP contribution in [0.25, 0.3) is 16.5 Å². The lowest BCUT2D eigenvalue weighted by Crippen LogP contribution is -2.30. The van der Waals surface area contributed by atoms with E-state index in [1.807, 2.05) is 12.1 Å². The highest BCUT2D eigenvalue weighted by Gasteiger charge is 2.28. The molecule has 0 radical (unpaired) electrons. The summed E-state index contributed by atoms with van der Waals surface area (Å²) in [7, 11) is 0. The Bertz CT molecular complexity index is 783. The maximum absolute atomic E-state index is 13.0. The number of rotatable bonds is 4. The molecular formula is C18H17FN2O2S. The Labute approximate surface area is 143 Å². The first-order valence-corrected chi connectivity index (χ1v) is 8.46. The normalized spacial score (nSPS) is 17.5. The molecule has 24 heavy (non-hydrogen) atoms. The van der Waals surface area contributed by atoms with Crippen LogP contribution in [-0.4, -0.2) is 29.8 Å². The zero-order valence-electron chi connectivity index (χ0n) is 12.9. The largest absolute Gasteiger partial charge is 0.369 e. The molecule has 2 N–H and O–H groups in total. The molecule has 0 aliphatic carbocycles. The summed E-state index contributed by atoms with van der Waals surface area (Å²) < 4.78 is 13.0. The lowest BCUT2D eigenvalue weighted by Gasteiger charge is -2.12. The second-order valence-electron chi connectivity index (χ2n) is 5.71. The summed E-state index contributed by atoms with van der Waals surface area (Å²) in [6.07, 6.45) is 3.91. The van der Waals surface area contributed by atoms with E-state index in [-0.39, 0.29) is 23.5 Å². The Morgan fingerprint density at radius 2 is 1.96 bits per heavy atom. The number of thiophene rings is 1. The standard InChI is InChI=1S/C18H17FN2O2S/c19-14-3-1-12(2-4-14)16-7-5-15(24-16)6-8-17(22)21-10-9-13(11-21)18(20)23/h1-8,13H,9-11H2,(H2,20,23)/b8-6+. The molecule has 2 heterocycles. The van der Waals surface area contributed by atoms with Crippen molar-refractivity contribution in [3.8, 4) is 10.4 Å². The predicted molar refractivity (Wildman–Crippen MR) is 92.6 cm³/mol. The summed E-state index contributed by atoms with van der Waals surface area (Å²) in [5, 5.41) is 0. The quantitative estimate of drug-likeness (QED) is 0.867. The van der Waals surface area contributed by atoms with E-state index in [0.29, 0.717) is 19.5 Å². The zero-order chi connectivity index (χ0) is 17.1. The van der Waals surface area contributed by atoms with Gasteiger partial charge < -0.3 is 10.6 Å². The van der Waals surface area contributed by atoms with Gasteiger partial charge in [-0.1, -0.05) is 12.1 Å². The highest BCUT2D eigenvalue weighted by Crippen LogP contribution is 2.29. The van der Waals surface area contributed by atoms with Crippen molar-refractivity contribution in [1.82, 2.24) is 4.90 Å². The highest BCUT2D eigenvalue weighted by molar-refractivity contribution is 7.16. The number of amides is 2. The minimum absolute atomic E-state index is 0.115. The van der Waals surface area contributed by atoms with Crippen LogP contribution < -0.4 is 5.73 Å². The van der Waals surface area contributed by atoms with E-state index in [1.165, 1.54) is 29.5 Å². The van der Waals surface area contributed by atoms with Crippen molar-refractivity contribution >= 4 is 29.2 Å². The lowest BCUT2D eigenvalue weighted by molar-refractivity contribution is -0.125. The highest BCUT2D eigenvalue weighted by atomic mass is 32.1. The van der Waals surface area contributed by atoms with Crippen LogP contribution in [-0.2, 0) is 9.59 Å². The minimum atomic E-state index is -0.350. The summed E-state index contributed by atoms with van der Waals surface area (Å²) in [5.74, 6) is -0.970. The summed E-state index contributed by atoms with van der Waals surface area (Å²) in [5.41, 5.74) is 6.22. The van der Waals surface area contributed by atoms with Gasteiger partial charge in [0.2, 0.25) is 11.8 Å². The van der Waals surface area contributed by atoms with Crippen molar-refractivity contribution in [3.05, 3.63) is 53.2 Å². The Hall–Kier alpha value is -2.47. The van der Waals surface area contributed by atoms with Gasteiger partial charge in [0.25, 0.3) is 0 Å². The zero-order valence-corrected chi connectivity index (χ0v) is 13.8. The Morgan fingerprint density at radius 1 is 1.21 bits per heavy atom. The van der Waals surface area contributed by atoms with Crippen molar-refractivity contribution in [3.63, 3.8) is 0 Å². The number of nitrogens with zero attached hydrogens (tertiary/aromatic N) is 1. The molecular weight excluding hydrogens is 327 g/mol. The van der Waals surface area contributed by atoms with Crippen LogP contribution >= 0.6 is 11.3 Å². The molecule has 2 aromatic rings. The molecule has 1 fully saturated rings. The van der Waals surface area contributed by atoms with Crippen LogP contribution in [0.1, 0.15) is 11.3 Å². The van der Waals surface area contributed by atoms with Crippen LogP contribution in [0.3, 0.4) is 0 Å². The Kier molecular flexibility index (Phi) is 4.76. The molecule has 2 amide bonds. The van der Waals surface area contributed by atoms with E-state index in [4.69, 9.17) is 5.73 Å². The molecule has 0 bridgehead atoms. The van der Waals surface area contributed by atoms with Crippen molar-refractivity contribution in [2.45, 2.75) is 6.42 Å². The van der Waals surface area contributed by atoms with Crippen molar-refractivity contribution < 1.29 is 14.0 Å². The minimum Gasteiger partial charge on any atom is -0.369 e. The molecule has 1 aliphatic heterocycles. The fourth-order valence-electron chi connectivity index (χ4n) is 2.66. The molecule has 1 unspecified atom stereocenters. The third-order valence-corrected chi connectivity index (χ3v) is 5.15. The fourth-order valence-corrected chi connectivity index (χ4v) is 3.58. The van der Waals surface area contributed by atoms with Crippen LogP contribution in [0.5, 0.6) is 0 Å². The number of carbonyl (C=O) groups excluding carboxylic acids is 2. The van der Waals surface area contributed by atoms with E-state index < -0.39 is 0 Å². The number of hydrogen-bond donors (Lipinski definition) is 1. The number of benzene rings is 1. The van der Waals surface area contributed by atoms with Crippen molar-refractivity contribution in [1.29, 1.82) is 0 Å². The smallest absolute Gasteiger partial charge is 0.246 e. The van der Waals surface area contributed by atoms with E-state index in [1.54, 1.807) is 23.1 Å². The van der Waals surface area contributed by atoms with Gasteiger partial charge in [0.1, 0.15) is 5.82 Å². The fraction of sp³-hybridized carbons (Fsp3) is 0.222. The van der Waals surface area contributed by atoms with E-state index >= 15 is 0 Å². The molecule has 1 saturated heterocycles. The first-order valence-electron chi connectivity index (χ1n) is 7.65. The average molecular weight is 344 g/mol. The van der Waals surface area contributed by atoms with E-state index in [9.17, 15) is 14.0 Å².